The zero-order valence-electron chi connectivity index (χ0n) is 6.66. The van der Waals surface area contributed by atoms with Gasteiger partial charge in [-0.15, -0.1) is 0 Å². The van der Waals surface area contributed by atoms with Gasteiger partial charge in [-0.3, -0.25) is 4.79 Å². The van der Waals surface area contributed by atoms with Gasteiger partial charge in [-0.25, -0.2) is 12.8 Å². The van der Waals surface area contributed by atoms with Crippen LogP contribution in [0.4, 0.5) is 4.39 Å². The topological polar surface area (TPSA) is 71.4 Å². The molecule has 1 N–H and O–H groups in total. The predicted molar refractivity (Wildman–Crippen MR) is 41.5 cm³/mol. The fourth-order valence-corrected chi connectivity index (χ4v) is 2.03. The zero-order valence-corrected chi connectivity index (χ0v) is 7.47. The Bertz CT molecular complexity index is 244. The summed E-state index contributed by atoms with van der Waals surface area (Å²) >= 11 is 0. The number of aliphatic carboxylic acids is 1. The van der Waals surface area contributed by atoms with Crippen LogP contribution in [0.25, 0.3) is 0 Å². The van der Waals surface area contributed by atoms with Crippen molar-refractivity contribution in [2.75, 3.05) is 11.5 Å². The Morgan fingerprint density at radius 1 is 1.58 bits per heavy atom. The van der Waals surface area contributed by atoms with Gasteiger partial charge in [0.1, 0.15) is 6.17 Å². The van der Waals surface area contributed by atoms with E-state index in [2.05, 4.69) is 0 Å². The Labute approximate surface area is 70.3 Å². The quantitative estimate of drug-likeness (QED) is 0.686. The van der Waals surface area contributed by atoms with Gasteiger partial charge in [0, 0.05) is 0 Å². The molecule has 0 aromatic heterocycles. The van der Waals surface area contributed by atoms with Crippen molar-refractivity contribution < 1.29 is 22.7 Å². The molecule has 0 fully saturated rings. The highest BCUT2D eigenvalue weighted by molar-refractivity contribution is 7.91. The van der Waals surface area contributed by atoms with Crippen LogP contribution < -0.4 is 0 Å². The van der Waals surface area contributed by atoms with E-state index in [1.807, 2.05) is 0 Å². The second-order valence-electron chi connectivity index (χ2n) is 2.54. The molecule has 1 atom stereocenters. The Morgan fingerprint density at radius 2 is 2.08 bits per heavy atom. The number of carbonyl (C=O) groups is 1. The molecule has 12 heavy (non-hydrogen) atoms. The largest absolute Gasteiger partial charge is 0.481 e. The van der Waals surface area contributed by atoms with Gasteiger partial charge >= 0.3 is 5.97 Å². The summed E-state index contributed by atoms with van der Waals surface area (Å²) in [5, 5.41) is 8.15. The van der Waals surface area contributed by atoms with Crippen LogP contribution in [0.3, 0.4) is 0 Å². The molecular formula is C6H11FO4S. The predicted octanol–water partition coefficient (Wildman–Crippen LogP) is 0.234. The highest BCUT2D eigenvalue weighted by Crippen LogP contribution is 1.99. The molecule has 6 heteroatoms. The molecule has 0 aliphatic rings. The summed E-state index contributed by atoms with van der Waals surface area (Å²) in [5.74, 6) is -2.28. The Hall–Kier alpha value is -0.650. The number of sulfone groups is 1. The molecule has 0 aromatic rings. The molecule has 0 spiro atoms. The second-order valence-corrected chi connectivity index (χ2v) is 4.77. The van der Waals surface area contributed by atoms with Crippen molar-refractivity contribution in [1.29, 1.82) is 0 Å². The van der Waals surface area contributed by atoms with Crippen LogP contribution in [0.15, 0.2) is 0 Å². The van der Waals surface area contributed by atoms with Crippen molar-refractivity contribution >= 4 is 15.8 Å². The van der Waals surface area contributed by atoms with Crippen molar-refractivity contribution in [3.63, 3.8) is 0 Å². The summed E-state index contributed by atoms with van der Waals surface area (Å²) in [4.78, 5) is 9.97. The molecule has 0 rings (SSSR count). The van der Waals surface area contributed by atoms with Gasteiger partial charge in [0.2, 0.25) is 0 Å². The van der Waals surface area contributed by atoms with E-state index in [1.54, 1.807) is 0 Å². The van der Waals surface area contributed by atoms with E-state index < -0.39 is 39.9 Å². The minimum Gasteiger partial charge on any atom is -0.481 e. The van der Waals surface area contributed by atoms with E-state index in [4.69, 9.17) is 5.11 Å². The lowest BCUT2D eigenvalue weighted by Crippen LogP contribution is -2.19. The lowest BCUT2D eigenvalue weighted by molar-refractivity contribution is -0.136. The van der Waals surface area contributed by atoms with E-state index in [1.165, 1.54) is 0 Å². The van der Waals surface area contributed by atoms with Crippen LogP contribution in [0.2, 0.25) is 0 Å². The number of rotatable bonds is 5. The first kappa shape index (κ1) is 11.4. The van der Waals surface area contributed by atoms with Gasteiger partial charge in [0.05, 0.1) is 17.9 Å². The first-order valence-electron chi connectivity index (χ1n) is 3.40. The maximum atomic E-state index is 12.2. The molecule has 0 amide bonds. The van der Waals surface area contributed by atoms with Crippen LogP contribution in [-0.2, 0) is 14.6 Å². The van der Waals surface area contributed by atoms with Crippen molar-refractivity contribution in [3.05, 3.63) is 0 Å². The fourth-order valence-electron chi connectivity index (χ4n) is 0.676. The Balaban J connectivity index is 3.98. The van der Waals surface area contributed by atoms with Crippen molar-refractivity contribution in [1.82, 2.24) is 0 Å². The number of hydrogen-bond acceptors (Lipinski definition) is 3. The van der Waals surface area contributed by atoms with Gasteiger partial charge in [0.25, 0.3) is 0 Å². The van der Waals surface area contributed by atoms with Gasteiger partial charge in [-0.1, -0.05) is 0 Å². The molecule has 0 saturated heterocycles. The lowest BCUT2D eigenvalue weighted by atomic mass is 10.5. The Kier molecular flexibility index (Phi) is 4.16. The molecule has 0 aromatic carbocycles. The fraction of sp³-hybridized carbons (Fsp3) is 0.833. The van der Waals surface area contributed by atoms with Crippen LogP contribution >= 0.6 is 0 Å². The highest BCUT2D eigenvalue weighted by Gasteiger charge is 2.16. The summed E-state index contributed by atoms with van der Waals surface area (Å²) < 4.78 is 33.9. The molecule has 0 radical (unpaired) electrons. The molecule has 0 aliphatic carbocycles. The van der Waals surface area contributed by atoms with E-state index in [-0.39, 0.29) is 0 Å². The third-order valence-electron chi connectivity index (χ3n) is 1.11. The van der Waals surface area contributed by atoms with Crippen molar-refractivity contribution in [2.24, 2.45) is 0 Å². The maximum Gasteiger partial charge on any atom is 0.304 e. The number of halogens is 1. The van der Waals surface area contributed by atoms with Gasteiger partial charge < -0.3 is 5.11 Å². The lowest BCUT2D eigenvalue weighted by Gasteiger charge is -2.02. The summed E-state index contributed by atoms with van der Waals surface area (Å²) in [6.45, 7) is 1.12. The first-order chi connectivity index (χ1) is 5.33. The second kappa shape index (κ2) is 4.39. The number of hydrogen-bond donors (Lipinski definition) is 1. The van der Waals surface area contributed by atoms with Gasteiger partial charge in [-0.2, -0.15) is 0 Å². The van der Waals surface area contributed by atoms with Crippen LogP contribution in [0, 0.1) is 0 Å². The molecule has 72 valence electrons. The van der Waals surface area contributed by atoms with Crippen molar-refractivity contribution in [2.45, 2.75) is 19.5 Å². The van der Waals surface area contributed by atoms with Crippen LogP contribution in [-0.4, -0.2) is 37.2 Å². The van der Waals surface area contributed by atoms with E-state index in [0.29, 0.717) is 0 Å². The molecule has 4 nitrogen and oxygen atoms in total. The molecule has 1 unspecified atom stereocenters. The highest BCUT2D eigenvalue weighted by atomic mass is 32.2. The Morgan fingerprint density at radius 3 is 2.42 bits per heavy atom. The number of carboxylic acid groups (broad SMARTS) is 1. The first-order valence-corrected chi connectivity index (χ1v) is 5.22. The van der Waals surface area contributed by atoms with Crippen LogP contribution in [0.1, 0.15) is 13.3 Å². The van der Waals surface area contributed by atoms with E-state index in [0.717, 1.165) is 6.92 Å². The SMILES string of the molecule is CC(F)CS(=O)(=O)CCC(=O)O. The molecule has 0 aliphatic heterocycles. The number of alkyl halides is 1. The summed E-state index contributed by atoms with van der Waals surface area (Å²) in [6.07, 6.45) is -1.90. The monoisotopic (exact) mass is 198 g/mol. The van der Waals surface area contributed by atoms with Gasteiger partial charge in [0.15, 0.2) is 9.84 Å². The average molecular weight is 198 g/mol. The molecule has 0 saturated carbocycles. The normalized spacial score (nSPS) is 14.2. The zero-order chi connectivity index (χ0) is 9.78. The molecular weight excluding hydrogens is 187 g/mol. The minimum atomic E-state index is -3.53. The molecule has 0 heterocycles. The van der Waals surface area contributed by atoms with Crippen LogP contribution in [0.5, 0.6) is 0 Å². The molecule has 0 bridgehead atoms. The van der Waals surface area contributed by atoms with Gasteiger partial charge in [-0.05, 0) is 6.92 Å². The minimum absolute atomic E-state index is 0.463. The van der Waals surface area contributed by atoms with E-state index >= 15 is 0 Å². The third-order valence-corrected chi connectivity index (χ3v) is 2.90. The maximum absolute atomic E-state index is 12.2. The summed E-state index contributed by atoms with van der Waals surface area (Å²) in [5.41, 5.74) is 0. The summed E-state index contributed by atoms with van der Waals surface area (Å²) in [6, 6.07) is 0. The summed E-state index contributed by atoms with van der Waals surface area (Å²) in [7, 11) is -3.53. The number of carboxylic acids is 1. The third kappa shape index (κ3) is 6.09. The average Bonchev–Trinajstić information content (AvgIpc) is 1.81. The van der Waals surface area contributed by atoms with E-state index in [9.17, 15) is 17.6 Å². The smallest absolute Gasteiger partial charge is 0.304 e. The van der Waals surface area contributed by atoms with Crippen molar-refractivity contribution in [3.8, 4) is 0 Å². The standard InChI is InChI=1S/C6H11FO4S/c1-5(7)4-12(10,11)3-2-6(8)9/h5H,2-4H2,1H3,(H,8,9).